The molecule has 4 heteroatoms. The van der Waals surface area contributed by atoms with E-state index in [1.54, 1.807) is 7.11 Å². The summed E-state index contributed by atoms with van der Waals surface area (Å²) in [6.45, 7) is 2.16. The van der Waals surface area contributed by atoms with E-state index < -0.39 is 0 Å². The van der Waals surface area contributed by atoms with E-state index in [4.69, 9.17) is 4.74 Å². The standard InChI is InChI=1S/C20H27N3O/c1-24-19-9-4-6-16(12-19)20-10-5-11-22(20)14-18-13-21-15-23(18)17-7-2-3-8-17/h4,6,9,12-13,15,17,20H,2-3,5,7-8,10-11,14H2,1H3/t20-/m0/s1. The van der Waals surface area contributed by atoms with Gasteiger partial charge in [0.25, 0.3) is 0 Å². The first kappa shape index (κ1) is 15.7. The Hall–Kier alpha value is -1.81. The first-order valence-electron chi connectivity index (χ1n) is 9.24. The molecule has 2 aliphatic rings. The van der Waals surface area contributed by atoms with Gasteiger partial charge < -0.3 is 9.30 Å². The first-order valence-corrected chi connectivity index (χ1v) is 9.24. The Morgan fingerprint density at radius 3 is 2.88 bits per heavy atom. The largest absolute Gasteiger partial charge is 0.497 e. The van der Waals surface area contributed by atoms with Crippen molar-refractivity contribution in [1.29, 1.82) is 0 Å². The fourth-order valence-electron chi connectivity index (χ4n) is 4.42. The fourth-order valence-corrected chi connectivity index (χ4v) is 4.42. The van der Waals surface area contributed by atoms with Crippen molar-refractivity contribution in [3.8, 4) is 5.75 Å². The van der Waals surface area contributed by atoms with Gasteiger partial charge in [-0.15, -0.1) is 0 Å². The van der Waals surface area contributed by atoms with E-state index in [0.29, 0.717) is 12.1 Å². The van der Waals surface area contributed by atoms with Gasteiger partial charge in [-0.3, -0.25) is 4.90 Å². The molecule has 0 N–H and O–H groups in total. The fraction of sp³-hybridized carbons (Fsp3) is 0.550. The average molecular weight is 325 g/mol. The molecule has 0 spiro atoms. The van der Waals surface area contributed by atoms with Crippen LogP contribution in [0.1, 0.15) is 61.9 Å². The maximum Gasteiger partial charge on any atom is 0.119 e. The van der Waals surface area contributed by atoms with E-state index in [1.807, 2.05) is 12.4 Å². The van der Waals surface area contributed by atoms with Gasteiger partial charge in [-0.05, 0) is 49.9 Å². The van der Waals surface area contributed by atoms with Gasteiger partial charge in [-0.2, -0.15) is 0 Å². The molecule has 24 heavy (non-hydrogen) atoms. The third-order valence-corrected chi connectivity index (χ3v) is 5.67. The van der Waals surface area contributed by atoms with Gasteiger partial charge in [0.2, 0.25) is 0 Å². The van der Waals surface area contributed by atoms with Crippen LogP contribution in [-0.4, -0.2) is 28.1 Å². The smallest absolute Gasteiger partial charge is 0.119 e. The molecule has 2 fully saturated rings. The monoisotopic (exact) mass is 325 g/mol. The Bertz CT molecular complexity index is 675. The van der Waals surface area contributed by atoms with Gasteiger partial charge >= 0.3 is 0 Å². The van der Waals surface area contributed by atoms with E-state index in [9.17, 15) is 0 Å². The molecule has 1 saturated carbocycles. The SMILES string of the molecule is COc1cccc([C@@H]2CCCN2Cc2cncn2C2CCCC2)c1. The second kappa shape index (κ2) is 6.98. The lowest BCUT2D eigenvalue weighted by Gasteiger charge is -2.26. The molecule has 1 aliphatic heterocycles. The molecule has 1 saturated heterocycles. The maximum atomic E-state index is 5.41. The topological polar surface area (TPSA) is 30.3 Å². The highest BCUT2D eigenvalue weighted by Gasteiger charge is 2.28. The second-order valence-corrected chi connectivity index (χ2v) is 7.14. The third kappa shape index (κ3) is 3.07. The molecule has 1 aliphatic carbocycles. The highest BCUT2D eigenvalue weighted by atomic mass is 16.5. The summed E-state index contributed by atoms with van der Waals surface area (Å²) in [6.07, 6.45) is 11.9. The number of benzene rings is 1. The van der Waals surface area contributed by atoms with Crippen molar-refractivity contribution in [2.75, 3.05) is 13.7 Å². The third-order valence-electron chi connectivity index (χ3n) is 5.67. The zero-order valence-electron chi connectivity index (χ0n) is 14.5. The molecular formula is C20H27N3O. The summed E-state index contributed by atoms with van der Waals surface area (Å²) in [7, 11) is 1.74. The number of imidazole rings is 1. The highest BCUT2D eigenvalue weighted by Crippen LogP contribution is 2.36. The number of ether oxygens (including phenoxy) is 1. The van der Waals surface area contributed by atoms with Crippen LogP contribution < -0.4 is 4.74 Å². The lowest BCUT2D eigenvalue weighted by atomic mass is 10.0. The minimum absolute atomic E-state index is 0.493. The molecule has 0 unspecified atom stereocenters. The maximum absolute atomic E-state index is 5.41. The van der Waals surface area contributed by atoms with Crippen molar-refractivity contribution in [3.05, 3.63) is 48.0 Å². The molecule has 1 atom stereocenters. The van der Waals surface area contributed by atoms with Crippen LogP contribution in [0.15, 0.2) is 36.8 Å². The van der Waals surface area contributed by atoms with E-state index in [1.165, 1.54) is 49.8 Å². The Labute approximate surface area is 144 Å². The lowest BCUT2D eigenvalue weighted by Crippen LogP contribution is -2.24. The summed E-state index contributed by atoms with van der Waals surface area (Å²) in [5, 5.41) is 0. The average Bonchev–Trinajstić information content (AvgIpc) is 3.36. The number of hydrogen-bond acceptors (Lipinski definition) is 3. The number of rotatable bonds is 5. The lowest BCUT2D eigenvalue weighted by molar-refractivity contribution is 0.239. The van der Waals surface area contributed by atoms with Crippen LogP contribution in [0.25, 0.3) is 0 Å². The van der Waals surface area contributed by atoms with Gasteiger partial charge in [0.05, 0.1) is 19.1 Å². The van der Waals surface area contributed by atoms with Crippen LogP contribution >= 0.6 is 0 Å². The van der Waals surface area contributed by atoms with E-state index in [2.05, 4.69) is 38.8 Å². The van der Waals surface area contributed by atoms with Gasteiger partial charge in [-0.25, -0.2) is 4.98 Å². The molecule has 1 aromatic heterocycles. The summed E-state index contributed by atoms with van der Waals surface area (Å²) >= 11 is 0. The van der Waals surface area contributed by atoms with Gasteiger partial charge in [0.1, 0.15) is 5.75 Å². The molecule has 2 heterocycles. The molecule has 4 rings (SSSR count). The molecule has 0 radical (unpaired) electrons. The molecule has 2 aromatic rings. The summed E-state index contributed by atoms with van der Waals surface area (Å²) in [4.78, 5) is 7.06. The number of hydrogen-bond donors (Lipinski definition) is 0. The van der Waals surface area contributed by atoms with Crippen molar-refractivity contribution in [2.24, 2.45) is 0 Å². The van der Waals surface area contributed by atoms with Crippen LogP contribution in [0.2, 0.25) is 0 Å². The summed E-state index contributed by atoms with van der Waals surface area (Å²) in [5.74, 6) is 0.954. The number of likely N-dealkylation sites (tertiary alicyclic amines) is 1. The van der Waals surface area contributed by atoms with E-state index in [0.717, 1.165) is 18.8 Å². The summed E-state index contributed by atoms with van der Waals surface area (Å²) in [5.41, 5.74) is 2.75. The molecule has 1 aromatic carbocycles. The molecule has 0 amide bonds. The van der Waals surface area contributed by atoms with E-state index >= 15 is 0 Å². The predicted octanol–water partition coefficient (Wildman–Crippen LogP) is 4.34. The van der Waals surface area contributed by atoms with Gasteiger partial charge in [-0.1, -0.05) is 25.0 Å². The molecular weight excluding hydrogens is 298 g/mol. The zero-order valence-corrected chi connectivity index (χ0v) is 14.5. The quantitative estimate of drug-likeness (QED) is 0.819. The summed E-state index contributed by atoms with van der Waals surface area (Å²) < 4.78 is 7.85. The van der Waals surface area contributed by atoms with Crippen molar-refractivity contribution in [2.45, 2.75) is 57.2 Å². The number of aromatic nitrogens is 2. The number of methoxy groups -OCH3 is 1. The van der Waals surface area contributed by atoms with Gasteiger partial charge in [0.15, 0.2) is 0 Å². The number of nitrogens with zero attached hydrogens (tertiary/aromatic N) is 3. The van der Waals surface area contributed by atoms with E-state index in [-0.39, 0.29) is 0 Å². The first-order chi connectivity index (χ1) is 11.8. The van der Waals surface area contributed by atoms with Crippen molar-refractivity contribution in [3.63, 3.8) is 0 Å². The summed E-state index contributed by atoms with van der Waals surface area (Å²) in [6, 6.07) is 9.72. The zero-order chi connectivity index (χ0) is 16.4. The van der Waals surface area contributed by atoms with Crippen LogP contribution in [-0.2, 0) is 6.54 Å². The Morgan fingerprint density at radius 2 is 2.04 bits per heavy atom. The minimum atomic E-state index is 0.493. The molecule has 4 nitrogen and oxygen atoms in total. The van der Waals surface area contributed by atoms with Crippen LogP contribution in [0.4, 0.5) is 0 Å². The van der Waals surface area contributed by atoms with Crippen molar-refractivity contribution >= 4 is 0 Å². The normalized spacial score (nSPS) is 22.3. The predicted molar refractivity (Wildman–Crippen MR) is 95.1 cm³/mol. The van der Waals surface area contributed by atoms with Crippen molar-refractivity contribution in [1.82, 2.24) is 14.5 Å². The van der Waals surface area contributed by atoms with Crippen LogP contribution in [0, 0.1) is 0 Å². The van der Waals surface area contributed by atoms with Crippen LogP contribution in [0.5, 0.6) is 5.75 Å². The Morgan fingerprint density at radius 1 is 1.17 bits per heavy atom. The van der Waals surface area contributed by atoms with Crippen molar-refractivity contribution < 1.29 is 4.74 Å². The second-order valence-electron chi connectivity index (χ2n) is 7.14. The minimum Gasteiger partial charge on any atom is -0.497 e. The van der Waals surface area contributed by atoms with Crippen LogP contribution in [0.3, 0.4) is 0 Å². The Balaban J connectivity index is 1.52. The van der Waals surface area contributed by atoms with Gasteiger partial charge in [0, 0.05) is 24.8 Å². The molecule has 128 valence electrons. The molecule has 0 bridgehead atoms. The Kier molecular flexibility index (Phi) is 4.56. The highest BCUT2D eigenvalue weighted by molar-refractivity contribution is 5.31.